The highest BCUT2D eigenvalue weighted by Crippen LogP contribution is 2.34. The van der Waals surface area contributed by atoms with E-state index in [1.165, 1.54) is 0 Å². The smallest absolute Gasteiger partial charge is 0.341 e. The monoisotopic (exact) mass is 358 g/mol. The Morgan fingerprint density at radius 3 is 2.44 bits per heavy atom. The molecule has 1 aliphatic heterocycles. The van der Waals surface area contributed by atoms with Gasteiger partial charge >= 0.3 is 6.18 Å². The summed E-state index contributed by atoms with van der Waals surface area (Å²) in [5.74, 6) is 0.192. The third-order valence-electron chi connectivity index (χ3n) is 4.92. The number of aromatic nitrogens is 1. The molecular weight excluding hydrogens is 333 g/mol. The van der Waals surface area contributed by atoms with Crippen molar-refractivity contribution in [3.05, 3.63) is 34.2 Å². The van der Waals surface area contributed by atoms with Crippen LogP contribution in [-0.4, -0.2) is 28.5 Å². The highest BCUT2D eigenvalue weighted by atomic mass is 19.4. The van der Waals surface area contributed by atoms with Crippen molar-refractivity contribution in [1.82, 2.24) is 9.47 Å². The molecule has 2 heterocycles. The van der Waals surface area contributed by atoms with Crippen molar-refractivity contribution in [2.75, 3.05) is 13.1 Å². The van der Waals surface area contributed by atoms with E-state index >= 15 is 0 Å². The van der Waals surface area contributed by atoms with E-state index in [9.17, 15) is 22.8 Å². The molecule has 1 aliphatic rings. The third-order valence-corrected chi connectivity index (χ3v) is 4.92. The number of rotatable bonds is 2. The number of carbonyl (C=O) groups excluding carboxylic acids is 1. The number of nitrogens with zero attached hydrogens (tertiary/aromatic N) is 2. The molecule has 1 atom stereocenters. The molecule has 1 aromatic heterocycles. The Hall–Kier alpha value is -1.79. The van der Waals surface area contributed by atoms with Gasteiger partial charge < -0.3 is 9.47 Å². The summed E-state index contributed by atoms with van der Waals surface area (Å²) in [5.41, 5.74) is -1.37. The Kier molecular flexibility index (Phi) is 5.64. The van der Waals surface area contributed by atoms with Crippen LogP contribution in [0.1, 0.15) is 45.6 Å². The Bertz CT molecular complexity index is 674. The molecule has 0 aromatic carbocycles. The summed E-state index contributed by atoms with van der Waals surface area (Å²) >= 11 is 0. The van der Waals surface area contributed by atoms with E-state index in [-0.39, 0.29) is 17.9 Å². The fourth-order valence-electron chi connectivity index (χ4n) is 3.28. The van der Waals surface area contributed by atoms with Gasteiger partial charge in [0.2, 0.25) is 5.91 Å². The zero-order valence-corrected chi connectivity index (χ0v) is 14.9. The van der Waals surface area contributed by atoms with Gasteiger partial charge in [-0.05, 0) is 36.7 Å². The number of hydrogen-bond donors (Lipinski definition) is 0. The molecule has 0 saturated carbocycles. The van der Waals surface area contributed by atoms with Crippen LogP contribution in [0.3, 0.4) is 0 Å². The molecule has 2 rings (SSSR count). The summed E-state index contributed by atoms with van der Waals surface area (Å²) in [5, 5.41) is 0. The second-order valence-corrected chi connectivity index (χ2v) is 7.76. The quantitative estimate of drug-likeness (QED) is 0.811. The fraction of sp³-hybridized carbons (Fsp3) is 0.667. The van der Waals surface area contributed by atoms with Crippen molar-refractivity contribution >= 4 is 5.91 Å². The Morgan fingerprint density at radius 2 is 1.84 bits per heavy atom. The molecule has 4 nitrogen and oxygen atoms in total. The van der Waals surface area contributed by atoms with E-state index < -0.39 is 17.3 Å². The normalized spacial score (nSPS) is 19.6. The van der Waals surface area contributed by atoms with Crippen LogP contribution in [0.4, 0.5) is 13.2 Å². The van der Waals surface area contributed by atoms with Gasteiger partial charge in [-0.2, -0.15) is 13.2 Å². The molecule has 0 N–H and O–H groups in total. The Morgan fingerprint density at radius 1 is 1.16 bits per heavy atom. The van der Waals surface area contributed by atoms with Gasteiger partial charge in [-0.3, -0.25) is 9.59 Å². The molecule has 1 unspecified atom stereocenters. The minimum absolute atomic E-state index is 0.164. The topological polar surface area (TPSA) is 42.3 Å². The summed E-state index contributed by atoms with van der Waals surface area (Å²) in [7, 11) is 0. The summed E-state index contributed by atoms with van der Waals surface area (Å²) in [6, 6.07) is 1.59. The summed E-state index contributed by atoms with van der Waals surface area (Å²) in [6.45, 7) is 7.34. The molecule has 0 bridgehead atoms. The van der Waals surface area contributed by atoms with Gasteiger partial charge in [-0.1, -0.05) is 20.8 Å². The van der Waals surface area contributed by atoms with Gasteiger partial charge in [0.1, 0.15) is 6.54 Å². The number of likely N-dealkylation sites (tertiary alicyclic amines) is 1. The zero-order chi connectivity index (χ0) is 18.8. The number of pyridine rings is 1. The van der Waals surface area contributed by atoms with Gasteiger partial charge in [-0.25, -0.2) is 0 Å². The molecule has 140 valence electrons. The molecule has 1 fully saturated rings. The van der Waals surface area contributed by atoms with Crippen LogP contribution in [-0.2, 0) is 17.5 Å². The molecule has 1 saturated heterocycles. The van der Waals surface area contributed by atoms with Crippen molar-refractivity contribution < 1.29 is 18.0 Å². The number of carbonyl (C=O) groups is 1. The molecular formula is C18H25F3N2O2. The van der Waals surface area contributed by atoms with E-state index in [0.717, 1.165) is 42.2 Å². The van der Waals surface area contributed by atoms with E-state index in [2.05, 4.69) is 20.8 Å². The largest absolute Gasteiger partial charge is 0.417 e. The predicted molar refractivity (Wildman–Crippen MR) is 89.1 cm³/mol. The van der Waals surface area contributed by atoms with Crippen LogP contribution < -0.4 is 5.56 Å². The maximum absolute atomic E-state index is 12.8. The van der Waals surface area contributed by atoms with Gasteiger partial charge in [0.15, 0.2) is 0 Å². The second-order valence-electron chi connectivity index (χ2n) is 7.76. The van der Waals surface area contributed by atoms with Crippen LogP contribution in [0, 0.1) is 11.3 Å². The first-order valence-corrected chi connectivity index (χ1v) is 8.54. The standard InChI is InChI=1S/C18H25F3N2O2/c1-17(2,3)13-5-4-9-22(10-8-13)16(25)12-23-11-14(18(19,20)21)6-7-15(23)24/h6-7,11,13H,4-5,8-10,12H2,1-3H3. The van der Waals surface area contributed by atoms with Crippen molar-refractivity contribution in [1.29, 1.82) is 0 Å². The molecule has 1 aromatic rings. The van der Waals surface area contributed by atoms with E-state index in [0.29, 0.717) is 19.0 Å². The molecule has 25 heavy (non-hydrogen) atoms. The van der Waals surface area contributed by atoms with E-state index in [1.54, 1.807) is 4.90 Å². The number of hydrogen-bond acceptors (Lipinski definition) is 2. The predicted octanol–water partition coefficient (Wildman–Crippen LogP) is 3.54. The first-order chi connectivity index (χ1) is 11.5. The average Bonchev–Trinajstić information content (AvgIpc) is 2.74. The zero-order valence-electron chi connectivity index (χ0n) is 14.9. The lowest BCUT2D eigenvalue weighted by molar-refractivity contribution is -0.138. The molecule has 1 amide bonds. The average molecular weight is 358 g/mol. The van der Waals surface area contributed by atoms with Crippen molar-refractivity contribution in [2.24, 2.45) is 11.3 Å². The lowest BCUT2D eigenvalue weighted by Gasteiger charge is -2.29. The Balaban J connectivity index is 2.09. The summed E-state index contributed by atoms with van der Waals surface area (Å²) in [6.07, 6.45) is -1.06. The maximum Gasteiger partial charge on any atom is 0.417 e. The first-order valence-electron chi connectivity index (χ1n) is 8.54. The van der Waals surface area contributed by atoms with Crippen LogP contribution in [0.15, 0.2) is 23.1 Å². The number of halogens is 3. The molecule has 0 spiro atoms. The minimum atomic E-state index is -4.54. The second kappa shape index (κ2) is 7.22. The van der Waals surface area contributed by atoms with Crippen LogP contribution in [0.2, 0.25) is 0 Å². The van der Waals surface area contributed by atoms with Gasteiger partial charge in [0.25, 0.3) is 5.56 Å². The minimum Gasteiger partial charge on any atom is -0.341 e. The highest BCUT2D eigenvalue weighted by molar-refractivity contribution is 5.76. The summed E-state index contributed by atoms with van der Waals surface area (Å²) in [4.78, 5) is 25.9. The van der Waals surface area contributed by atoms with Gasteiger partial charge in [0, 0.05) is 25.4 Å². The van der Waals surface area contributed by atoms with E-state index in [4.69, 9.17) is 0 Å². The molecule has 0 radical (unpaired) electrons. The number of alkyl halides is 3. The number of amides is 1. The third kappa shape index (κ3) is 5.09. The lowest BCUT2D eigenvalue weighted by atomic mass is 9.77. The summed E-state index contributed by atoms with van der Waals surface area (Å²) < 4.78 is 39.2. The van der Waals surface area contributed by atoms with Crippen molar-refractivity contribution in [2.45, 2.75) is 52.8 Å². The Labute approximate surface area is 145 Å². The van der Waals surface area contributed by atoms with Gasteiger partial charge in [-0.15, -0.1) is 0 Å². The maximum atomic E-state index is 12.8. The van der Waals surface area contributed by atoms with Crippen molar-refractivity contribution in [3.63, 3.8) is 0 Å². The molecule has 7 heteroatoms. The first kappa shape index (κ1) is 19.5. The van der Waals surface area contributed by atoms with Crippen molar-refractivity contribution in [3.8, 4) is 0 Å². The SMILES string of the molecule is CC(C)(C)C1CCCN(C(=O)Cn2cc(C(F)(F)F)ccc2=O)CC1. The highest BCUT2D eigenvalue weighted by Gasteiger charge is 2.32. The fourth-order valence-corrected chi connectivity index (χ4v) is 3.28. The van der Waals surface area contributed by atoms with E-state index in [1.807, 2.05) is 0 Å². The van der Waals surface area contributed by atoms with Crippen LogP contribution in [0.25, 0.3) is 0 Å². The van der Waals surface area contributed by atoms with Crippen LogP contribution >= 0.6 is 0 Å². The van der Waals surface area contributed by atoms with Crippen LogP contribution in [0.5, 0.6) is 0 Å². The molecule has 0 aliphatic carbocycles. The lowest BCUT2D eigenvalue weighted by Crippen LogP contribution is -2.37. The van der Waals surface area contributed by atoms with Gasteiger partial charge in [0.05, 0.1) is 5.56 Å².